The number of nitrogens with zero attached hydrogens (tertiary/aromatic N) is 2. The van der Waals surface area contributed by atoms with Gasteiger partial charge in [-0.25, -0.2) is 0 Å². The quantitative estimate of drug-likeness (QED) is 0.719. The molecule has 4 rings (SSSR count). The lowest BCUT2D eigenvalue weighted by atomic mass is 9.99. The van der Waals surface area contributed by atoms with E-state index in [0.29, 0.717) is 29.4 Å². The van der Waals surface area contributed by atoms with E-state index in [9.17, 15) is 4.79 Å². The topological polar surface area (TPSA) is 58.2 Å². The molecular weight excluding hydrogens is 374 g/mol. The van der Waals surface area contributed by atoms with Gasteiger partial charge in [-0.05, 0) is 37.1 Å². The highest BCUT2D eigenvalue weighted by Gasteiger charge is 2.25. The number of rotatable bonds is 3. The van der Waals surface area contributed by atoms with Crippen LogP contribution in [0.3, 0.4) is 0 Å². The molecule has 0 saturated carbocycles. The number of nitrogens with one attached hydrogen (secondary N) is 1. The molecule has 0 bridgehead atoms. The van der Waals surface area contributed by atoms with Gasteiger partial charge in [-0.1, -0.05) is 35.9 Å². The fourth-order valence-electron chi connectivity index (χ4n) is 3.76. The molecule has 3 aromatic rings. The molecule has 0 radical (unpaired) electrons. The molecule has 1 aromatic heterocycles. The van der Waals surface area contributed by atoms with Gasteiger partial charge in [0.05, 0.1) is 18.4 Å². The molecule has 1 aliphatic rings. The molecule has 144 valence electrons. The summed E-state index contributed by atoms with van der Waals surface area (Å²) >= 11 is 6.03. The number of amides is 1. The number of aryl methyl sites for hydroxylation is 1. The lowest BCUT2D eigenvalue weighted by Gasteiger charge is -2.21. The first-order valence-corrected chi connectivity index (χ1v) is 9.71. The van der Waals surface area contributed by atoms with Crippen molar-refractivity contribution in [3.05, 3.63) is 69.9 Å². The van der Waals surface area contributed by atoms with Crippen LogP contribution in [0.15, 0.2) is 42.5 Å². The van der Waals surface area contributed by atoms with Crippen molar-refractivity contribution in [2.45, 2.75) is 19.8 Å². The van der Waals surface area contributed by atoms with Crippen LogP contribution in [0.25, 0.3) is 11.3 Å². The highest BCUT2D eigenvalue weighted by atomic mass is 35.5. The maximum absolute atomic E-state index is 13.1. The van der Waals surface area contributed by atoms with E-state index in [4.69, 9.17) is 16.3 Å². The maximum Gasteiger partial charge on any atom is 0.257 e. The third-order valence-electron chi connectivity index (χ3n) is 5.30. The minimum absolute atomic E-state index is 0.0379. The van der Waals surface area contributed by atoms with Gasteiger partial charge in [0.1, 0.15) is 5.75 Å². The second kappa shape index (κ2) is 7.68. The monoisotopic (exact) mass is 395 g/mol. The SMILES string of the molecule is COc1cc(Cl)ccc1C(=O)N1CCc2[nH]nc(-c3ccccc3C)c2CC1. The van der Waals surface area contributed by atoms with E-state index in [1.54, 1.807) is 25.3 Å². The van der Waals surface area contributed by atoms with Gasteiger partial charge in [-0.2, -0.15) is 5.10 Å². The predicted octanol–water partition coefficient (Wildman–Crippen LogP) is 4.29. The number of fused-ring (bicyclic) bond motifs is 1. The van der Waals surface area contributed by atoms with Crippen molar-refractivity contribution >= 4 is 17.5 Å². The van der Waals surface area contributed by atoms with Crippen molar-refractivity contribution in [1.29, 1.82) is 0 Å². The van der Waals surface area contributed by atoms with Crippen molar-refractivity contribution in [3.8, 4) is 17.0 Å². The zero-order valence-corrected chi connectivity index (χ0v) is 16.7. The van der Waals surface area contributed by atoms with Crippen molar-refractivity contribution in [2.24, 2.45) is 0 Å². The number of carbonyl (C=O) groups excluding carboxylic acids is 1. The number of ether oxygens (including phenoxy) is 1. The molecule has 6 heteroatoms. The molecule has 5 nitrogen and oxygen atoms in total. The molecule has 0 fully saturated rings. The minimum Gasteiger partial charge on any atom is -0.496 e. The van der Waals surface area contributed by atoms with Gasteiger partial charge in [0.2, 0.25) is 0 Å². The zero-order chi connectivity index (χ0) is 19.7. The van der Waals surface area contributed by atoms with Crippen LogP contribution in [0, 0.1) is 6.92 Å². The second-order valence-corrected chi connectivity index (χ2v) is 7.42. The molecule has 2 aromatic carbocycles. The Morgan fingerprint density at radius 1 is 1.18 bits per heavy atom. The standard InChI is InChI=1S/C22H22ClN3O2/c1-14-5-3-4-6-16(14)21-17-9-11-26(12-10-19(17)24-25-21)22(27)18-8-7-15(23)13-20(18)28-2/h3-8,13H,9-12H2,1-2H3,(H,24,25). The van der Waals surface area contributed by atoms with Crippen LogP contribution >= 0.6 is 11.6 Å². The average molecular weight is 396 g/mol. The van der Waals surface area contributed by atoms with E-state index in [0.717, 1.165) is 29.8 Å². The van der Waals surface area contributed by atoms with Crippen LogP contribution in [0.2, 0.25) is 5.02 Å². The smallest absolute Gasteiger partial charge is 0.257 e. The van der Waals surface area contributed by atoms with Gasteiger partial charge in [0.25, 0.3) is 5.91 Å². The van der Waals surface area contributed by atoms with Gasteiger partial charge in [0, 0.05) is 41.4 Å². The Hall–Kier alpha value is -2.79. The predicted molar refractivity (Wildman–Crippen MR) is 110 cm³/mol. The zero-order valence-electron chi connectivity index (χ0n) is 16.0. The van der Waals surface area contributed by atoms with Crippen LogP contribution < -0.4 is 4.74 Å². The normalized spacial score (nSPS) is 13.8. The van der Waals surface area contributed by atoms with Gasteiger partial charge < -0.3 is 9.64 Å². The fourth-order valence-corrected chi connectivity index (χ4v) is 3.92. The Bertz CT molecular complexity index is 1030. The number of halogens is 1. The second-order valence-electron chi connectivity index (χ2n) is 6.98. The Balaban J connectivity index is 1.59. The molecule has 2 heterocycles. The molecule has 1 amide bonds. The van der Waals surface area contributed by atoms with E-state index in [-0.39, 0.29) is 5.91 Å². The van der Waals surface area contributed by atoms with E-state index in [1.165, 1.54) is 11.1 Å². The van der Waals surface area contributed by atoms with E-state index in [1.807, 2.05) is 17.0 Å². The van der Waals surface area contributed by atoms with Crippen LogP contribution in [0.1, 0.15) is 27.2 Å². The summed E-state index contributed by atoms with van der Waals surface area (Å²) in [4.78, 5) is 15.0. The first kappa shape index (κ1) is 18.6. The summed E-state index contributed by atoms with van der Waals surface area (Å²) in [6.07, 6.45) is 1.51. The van der Waals surface area contributed by atoms with Crippen molar-refractivity contribution < 1.29 is 9.53 Å². The summed E-state index contributed by atoms with van der Waals surface area (Å²) in [5, 5.41) is 8.31. The number of benzene rings is 2. The van der Waals surface area contributed by atoms with E-state index in [2.05, 4.69) is 29.3 Å². The van der Waals surface area contributed by atoms with E-state index < -0.39 is 0 Å². The van der Waals surface area contributed by atoms with Crippen molar-refractivity contribution in [1.82, 2.24) is 15.1 Å². The third-order valence-corrected chi connectivity index (χ3v) is 5.53. The third kappa shape index (κ3) is 3.38. The minimum atomic E-state index is -0.0379. The van der Waals surface area contributed by atoms with E-state index >= 15 is 0 Å². The lowest BCUT2D eigenvalue weighted by Crippen LogP contribution is -2.33. The largest absolute Gasteiger partial charge is 0.496 e. The summed E-state index contributed by atoms with van der Waals surface area (Å²) in [5.74, 6) is 0.464. The molecular formula is C22H22ClN3O2. The molecule has 0 spiro atoms. The highest BCUT2D eigenvalue weighted by molar-refractivity contribution is 6.30. The highest BCUT2D eigenvalue weighted by Crippen LogP contribution is 2.30. The molecule has 0 atom stereocenters. The summed E-state index contributed by atoms with van der Waals surface area (Å²) in [5.41, 5.74) is 6.17. The molecule has 0 unspecified atom stereocenters. The summed E-state index contributed by atoms with van der Waals surface area (Å²) in [7, 11) is 1.55. The number of aromatic nitrogens is 2. The van der Waals surface area contributed by atoms with Gasteiger partial charge in [0.15, 0.2) is 0 Å². The molecule has 0 aliphatic carbocycles. The molecule has 28 heavy (non-hydrogen) atoms. The maximum atomic E-state index is 13.1. The van der Waals surface area contributed by atoms with Crippen LogP contribution in [-0.4, -0.2) is 41.2 Å². The first-order chi connectivity index (χ1) is 13.6. The Morgan fingerprint density at radius 2 is 1.96 bits per heavy atom. The van der Waals surface area contributed by atoms with Crippen molar-refractivity contribution in [3.63, 3.8) is 0 Å². The number of hydrogen-bond donors (Lipinski definition) is 1. The Morgan fingerprint density at radius 3 is 2.75 bits per heavy atom. The van der Waals surface area contributed by atoms with Crippen LogP contribution in [0.4, 0.5) is 0 Å². The lowest BCUT2D eigenvalue weighted by molar-refractivity contribution is 0.0759. The van der Waals surface area contributed by atoms with Gasteiger partial charge >= 0.3 is 0 Å². The van der Waals surface area contributed by atoms with Crippen LogP contribution in [-0.2, 0) is 12.8 Å². The van der Waals surface area contributed by atoms with Gasteiger partial charge in [-0.15, -0.1) is 0 Å². The molecule has 1 N–H and O–H groups in total. The Kier molecular flexibility index (Phi) is 5.09. The number of carbonyl (C=O) groups is 1. The number of hydrogen-bond acceptors (Lipinski definition) is 3. The van der Waals surface area contributed by atoms with Crippen LogP contribution in [0.5, 0.6) is 5.75 Å². The fraction of sp³-hybridized carbons (Fsp3) is 0.273. The first-order valence-electron chi connectivity index (χ1n) is 9.33. The summed E-state index contributed by atoms with van der Waals surface area (Å²) in [6.45, 7) is 3.36. The number of aromatic amines is 1. The number of H-pyrrole nitrogens is 1. The van der Waals surface area contributed by atoms with Crippen molar-refractivity contribution in [2.75, 3.05) is 20.2 Å². The Labute approximate surface area is 169 Å². The summed E-state index contributed by atoms with van der Waals surface area (Å²) < 4.78 is 5.36. The molecule has 0 saturated heterocycles. The van der Waals surface area contributed by atoms with Gasteiger partial charge in [-0.3, -0.25) is 9.89 Å². The molecule has 1 aliphatic heterocycles. The number of methoxy groups -OCH3 is 1. The average Bonchev–Trinajstić information content (AvgIpc) is 2.98. The summed E-state index contributed by atoms with van der Waals surface area (Å²) in [6, 6.07) is 13.4.